The molecule has 1 unspecified atom stereocenters. The van der Waals surface area contributed by atoms with Crippen LogP contribution in [0.1, 0.15) is 16.8 Å². The van der Waals surface area contributed by atoms with Crippen LogP contribution in [-0.2, 0) is 4.79 Å². The predicted molar refractivity (Wildman–Crippen MR) is 63.6 cm³/mol. The molecule has 7 heteroatoms. The van der Waals surface area contributed by atoms with Crippen molar-refractivity contribution in [2.24, 2.45) is 5.92 Å². The fraction of sp³-hybridized carbons (Fsp3) is 0.400. The van der Waals surface area contributed by atoms with E-state index in [-0.39, 0.29) is 28.4 Å². The lowest BCUT2D eigenvalue weighted by atomic mass is 10.1. The molecule has 0 spiro atoms. The SMILES string of the molecule is O=Cc1c(Cl)ncnc1N1CC(CCl)CC1=O. The number of aldehydes is 1. The van der Waals surface area contributed by atoms with Gasteiger partial charge in [-0.05, 0) is 5.92 Å². The third kappa shape index (κ3) is 2.25. The summed E-state index contributed by atoms with van der Waals surface area (Å²) in [5, 5.41) is 0.0483. The molecular formula is C10H9Cl2N3O2. The van der Waals surface area contributed by atoms with Crippen molar-refractivity contribution in [2.75, 3.05) is 17.3 Å². The number of rotatable bonds is 3. The molecule has 0 aliphatic carbocycles. The van der Waals surface area contributed by atoms with E-state index in [1.165, 1.54) is 11.2 Å². The molecule has 90 valence electrons. The van der Waals surface area contributed by atoms with Crippen molar-refractivity contribution in [2.45, 2.75) is 6.42 Å². The highest BCUT2D eigenvalue weighted by atomic mass is 35.5. The standard InChI is InChI=1S/C10H9Cl2N3O2/c11-2-6-1-8(17)15(3-6)10-7(4-16)9(12)13-5-14-10/h4-6H,1-3H2. The van der Waals surface area contributed by atoms with Crippen molar-refractivity contribution in [3.05, 3.63) is 17.0 Å². The normalized spacial score (nSPS) is 19.8. The lowest BCUT2D eigenvalue weighted by Crippen LogP contribution is -2.27. The van der Waals surface area contributed by atoms with Gasteiger partial charge in [-0.15, -0.1) is 11.6 Å². The van der Waals surface area contributed by atoms with Crippen LogP contribution < -0.4 is 4.90 Å². The zero-order chi connectivity index (χ0) is 12.4. The van der Waals surface area contributed by atoms with E-state index in [0.29, 0.717) is 25.1 Å². The first-order chi connectivity index (χ1) is 8.17. The van der Waals surface area contributed by atoms with Gasteiger partial charge < -0.3 is 0 Å². The van der Waals surface area contributed by atoms with Crippen molar-refractivity contribution in [3.63, 3.8) is 0 Å². The van der Waals surface area contributed by atoms with E-state index in [1.807, 2.05) is 0 Å². The second-order valence-electron chi connectivity index (χ2n) is 3.75. The second-order valence-corrected chi connectivity index (χ2v) is 4.42. The fourth-order valence-electron chi connectivity index (χ4n) is 1.77. The third-order valence-electron chi connectivity index (χ3n) is 2.61. The highest BCUT2D eigenvalue weighted by Gasteiger charge is 2.32. The first-order valence-electron chi connectivity index (χ1n) is 4.99. The molecule has 1 aliphatic rings. The van der Waals surface area contributed by atoms with Crippen molar-refractivity contribution >= 4 is 41.2 Å². The molecule has 1 amide bonds. The quantitative estimate of drug-likeness (QED) is 0.476. The molecule has 1 aliphatic heterocycles. The summed E-state index contributed by atoms with van der Waals surface area (Å²) in [5.41, 5.74) is 0.137. The van der Waals surface area contributed by atoms with Gasteiger partial charge in [0, 0.05) is 18.8 Å². The Morgan fingerprint density at radius 1 is 1.53 bits per heavy atom. The summed E-state index contributed by atoms with van der Waals surface area (Å²) in [4.78, 5) is 31.8. The zero-order valence-corrected chi connectivity index (χ0v) is 10.3. The Hall–Kier alpha value is -1.20. The van der Waals surface area contributed by atoms with Gasteiger partial charge in [0.05, 0.1) is 5.56 Å². The molecule has 1 aromatic rings. The monoisotopic (exact) mass is 273 g/mol. The number of carbonyl (C=O) groups excluding carboxylic acids is 2. The van der Waals surface area contributed by atoms with Gasteiger partial charge in [0.25, 0.3) is 0 Å². The van der Waals surface area contributed by atoms with Gasteiger partial charge in [0.15, 0.2) is 12.1 Å². The molecule has 1 fully saturated rings. The molecule has 1 saturated heterocycles. The molecule has 2 heterocycles. The lowest BCUT2D eigenvalue weighted by molar-refractivity contribution is -0.117. The van der Waals surface area contributed by atoms with Gasteiger partial charge in [-0.2, -0.15) is 0 Å². The van der Waals surface area contributed by atoms with Crippen molar-refractivity contribution in [1.82, 2.24) is 9.97 Å². The van der Waals surface area contributed by atoms with Gasteiger partial charge in [-0.25, -0.2) is 9.97 Å². The van der Waals surface area contributed by atoms with E-state index in [2.05, 4.69) is 9.97 Å². The molecule has 0 saturated carbocycles. The van der Waals surface area contributed by atoms with Gasteiger partial charge in [-0.1, -0.05) is 11.6 Å². The number of nitrogens with zero attached hydrogens (tertiary/aromatic N) is 3. The number of amides is 1. The summed E-state index contributed by atoms with van der Waals surface area (Å²) >= 11 is 11.5. The van der Waals surface area contributed by atoms with E-state index in [4.69, 9.17) is 23.2 Å². The van der Waals surface area contributed by atoms with E-state index in [0.717, 1.165) is 0 Å². The minimum Gasteiger partial charge on any atom is -0.298 e. The summed E-state index contributed by atoms with van der Waals surface area (Å²) in [6.07, 6.45) is 2.15. The Bertz CT molecular complexity index is 467. The Morgan fingerprint density at radius 2 is 2.29 bits per heavy atom. The molecular weight excluding hydrogens is 265 g/mol. The third-order valence-corrected chi connectivity index (χ3v) is 3.35. The molecule has 0 N–H and O–H groups in total. The summed E-state index contributed by atoms with van der Waals surface area (Å²) in [6, 6.07) is 0. The number of carbonyl (C=O) groups is 2. The molecule has 0 aromatic carbocycles. The van der Waals surface area contributed by atoms with Gasteiger partial charge >= 0.3 is 0 Å². The molecule has 1 aromatic heterocycles. The molecule has 5 nitrogen and oxygen atoms in total. The van der Waals surface area contributed by atoms with E-state index in [1.54, 1.807) is 0 Å². The summed E-state index contributed by atoms with van der Waals surface area (Å²) in [6.45, 7) is 0.455. The summed E-state index contributed by atoms with van der Waals surface area (Å²) in [7, 11) is 0. The molecule has 2 rings (SSSR count). The Kier molecular flexibility index (Phi) is 3.59. The minimum atomic E-state index is -0.103. The largest absolute Gasteiger partial charge is 0.298 e. The van der Waals surface area contributed by atoms with Crippen molar-refractivity contribution in [1.29, 1.82) is 0 Å². The Balaban J connectivity index is 2.38. The van der Waals surface area contributed by atoms with Crippen LogP contribution in [0.3, 0.4) is 0 Å². The lowest BCUT2D eigenvalue weighted by Gasteiger charge is -2.16. The highest BCUT2D eigenvalue weighted by Crippen LogP contribution is 2.28. The molecule has 0 radical (unpaired) electrons. The number of hydrogen-bond acceptors (Lipinski definition) is 4. The van der Waals surface area contributed by atoms with Crippen molar-refractivity contribution < 1.29 is 9.59 Å². The minimum absolute atomic E-state index is 0.0483. The smallest absolute Gasteiger partial charge is 0.228 e. The Labute approximate surface area is 108 Å². The zero-order valence-electron chi connectivity index (χ0n) is 8.77. The summed E-state index contributed by atoms with van der Waals surface area (Å²) in [5.74, 6) is 0.640. The topological polar surface area (TPSA) is 63.2 Å². The van der Waals surface area contributed by atoms with Crippen LogP contribution in [0.25, 0.3) is 0 Å². The van der Waals surface area contributed by atoms with Gasteiger partial charge in [0.1, 0.15) is 11.5 Å². The van der Waals surface area contributed by atoms with E-state index in [9.17, 15) is 9.59 Å². The maximum atomic E-state index is 11.8. The van der Waals surface area contributed by atoms with E-state index < -0.39 is 0 Å². The number of halogens is 2. The van der Waals surface area contributed by atoms with Crippen LogP contribution in [0.2, 0.25) is 5.15 Å². The fourth-order valence-corrected chi connectivity index (χ4v) is 2.15. The van der Waals surface area contributed by atoms with Crippen LogP contribution in [0.4, 0.5) is 5.82 Å². The molecule has 0 bridgehead atoms. The van der Waals surface area contributed by atoms with Gasteiger partial charge in [0.2, 0.25) is 5.91 Å². The molecule has 17 heavy (non-hydrogen) atoms. The number of alkyl halides is 1. The van der Waals surface area contributed by atoms with E-state index >= 15 is 0 Å². The average Bonchev–Trinajstić information content (AvgIpc) is 2.70. The van der Waals surface area contributed by atoms with Gasteiger partial charge in [-0.3, -0.25) is 14.5 Å². The number of hydrogen-bond donors (Lipinski definition) is 0. The first-order valence-corrected chi connectivity index (χ1v) is 5.90. The van der Waals surface area contributed by atoms with Crippen molar-refractivity contribution in [3.8, 4) is 0 Å². The van der Waals surface area contributed by atoms with Crippen LogP contribution in [0, 0.1) is 5.92 Å². The Morgan fingerprint density at radius 3 is 2.88 bits per heavy atom. The van der Waals surface area contributed by atoms with Crippen LogP contribution in [-0.4, -0.2) is 34.6 Å². The maximum Gasteiger partial charge on any atom is 0.228 e. The van der Waals surface area contributed by atoms with Crippen LogP contribution in [0.15, 0.2) is 6.33 Å². The average molecular weight is 274 g/mol. The first kappa shape index (κ1) is 12.3. The second kappa shape index (κ2) is 4.98. The number of anilines is 1. The molecule has 1 atom stereocenters. The predicted octanol–water partition coefficient (Wildman–Crippen LogP) is 1.53. The van der Waals surface area contributed by atoms with Crippen LogP contribution >= 0.6 is 23.2 Å². The summed E-state index contributed by atoms with van der Waals surface area (Å²) < 4.78 is 0. The maximum absolute atomic E-state index is 11.8. The van der Waals surface area contributed by atoms with Crippen LogP contribution in [0.5, 0.6) is 0 Å². The highest BCUT2D eigenvalue weighted by molar-refractivity contribution is 6.32. The number of aromatic nitrogens is 2.